The number of rotatable bonds is 5. The highest BCUT2D eigenvalue weighted by Crippen LogP contribution is 2.22. The maximum Gasteiger partial charge on any atom is 0.238 e. The number of nitrogens with two attached hydrogens (primary N) is 2. The number of benzene rings is 2. The summed E-state index contributed by atoms with van der Waals surface area (Å²) in [6.45, 7) is 2.66. The van der Waals surface area contributed by atoms with Gasteiger partial charge in [-0.25, -0.2) is 13.6 Å². The van der Waals surface area contributed by atoms with E-state index in [1.54, 1.807) is 0 Å². The van der Waals surface area contributed by atoms with Gasteiger partial charge in [0.15, 0.2) is 0 Å². The number of anilines is 2. The molecule has 21 heavy (non-hydrogen) atoms. The third-order valence-corrected chi connectivity index (χ3v) is 4.18. The van der Waals surface area contributed by atoms with E-state index in [0.29, 0.717) is 17.9 Å². The highest BCUT2D eigenvalue weighted by atomic mass is 32.2. The molecule has 5 nitrogen and oxygen atoms in total. The summed E-state index contributed by atoms with van der Waals surface area (Å²) in [6, 6.07) is 12.6. The van der Waals surface area contributed by atoms with Gasteiger partial charge in [0.1, 0.15) is 0 Å². The second-order valence-corrected chi connectivity index (χ2v) is 6.38. The maximum atomic E-state index is 11.4. The second kappa shape index (κ2) is 6.15. The van der Waals surface area contributed by atoms with Crippen LogP contribution in [0.5, 0.6) is 0 Å². The summed E-state index contributed by atoms with van der Waals surface area (Å²) in [7, 11) is -3.73. The molecule has 6 heteroatoms. The first-order valence-electron chi connectivity index (χ1n) is 6.64. The molecule has 2 aromatic carbocycles. The number of hydrogen-bond donors (Lipinski definition) is 3. The average Bonchev–Trinajstić information content (AvgIpc) is 2.45. The molecule has 0 amide bonds. The van der Waals surface area contributed by atoms with Gasteiger partial charge in [-0.1, -0.05) is 31.2 Å². The van der Waals surface area contributed by atoms with Gasteiger partial charge < -0.3 is 11.1 Å². The van der Waals surface area contributed by atoms with Crippen molar-refractivity contribution in [3.05, 3.63) is 53.6 Å². The Morgan fingerprint density at radius 3 is 2.24 bits per heavy atom. The van der Waals surface area contributed by atoms with Crippen molar-refractivity contribution in [2.24, 2.45) is 5.14 Å². The molecule has 0 aliphatic heterocycles. The van der Waals surface area contributed by atoms with Gasteiger partial charge >= 0.3 is 0 Å². The van der Waals surface area contributed by atoms with Crippen molar-refractivity contribution in [3.8, 4) is 0 Å². The van der Waals surface area contributed by atoms with E-state index >= 15 is 0 Å². The summed E-state index contributed by atoms with van der Waals surface area (Å²) in [6.07, 6.45) is 0.997. The van der Waals surface area contributed by atoms with Crippen LogP contribution in [0.2, 0.25) is 0 Å². The minimum atomic E-state index is -3.73. The number of aryl methyl sites for hydroxylation is 1. The number of primary sulfonamides is 1. The van der Waals surface area contributed by atoms with Crippen LogP contribution < -0.4 is 16.2 Å². The Hall–Kier alpha value is -2.05. The second-order valence-electron chi connectivity index (χ2n) is 4.82. The fourth-order valence-electron chi connectivity index (χ4n) is 1.96. The van der Waals surface area contributed by atoms with Crippen molar-refractivity contribution >= 4 is 21.4 Å². The van der Waals surface area contributed by atoms with Gasteiger partial charge in [-0.15, -0.1) is 0 Å². The molecule has 0 radical (unpaired) electrons. The zero-order valence-corrected chi connectivity index (χ0v) is 12.7. The first-order valence-corrected chi connectivity index (χ1v) is 8.19. The molecule has 0 aliphatic carbocycles. The van der Waals surface area contributed by atoms with Crippen LogP contribution in [0.15, 0.2) is 47.4 Å². The molecule has 0 spiro atoms. The Balaban J connectivity index is 2.15. The largest absolute Gasteiger partial charge is 0.397 e. The van der Waals surface area contributed by atoms with Gasteiger partial charge in [0, 0.05) is 6.54 Å². The Labute approximate surface area is 125 Å². The molecule has 2 rings (SSSR count). The SMILES string of the molecule is CCc1ccc(CNc2cc(S(N)(=O)=O)ccc2N)cc1. The molecule has 0 saturated carbocycles. The third-order valence-electron chi connectivity index (χ3n) is 3.27. The monoisotopic (exact) mass is 305 g/mol. The van der Waals surface area contributed by atoms with Crippen LogP contribution in [0, 0.1) is 0 Å². The number of nitrogens with one attached hydrogen (secondary N) is 1. The summed E-state index contributed by atoms with van der Waals surface area (Å²) < 4.78 is 22.7. The summed E-state index contributed by atoms with van der Waals surface area (Å²) in [5, 5.41) is 8.25. The van der Waals surface area contributed by atoms with Crippen LogP contribution in [0.25, 0.3) is 0 Å². The van der Waals surface area contributed by atoms with Crippen molar-refractivity contribution in [3.63, 3.8) is 0 Å². The van der Waals surface area contributed by atoms with E-state index in [-0.39, 0.29) is 4.90 Å². The summed E-state index contributed by atoms with van der Waals surface area (Å²) in [5.41, 5.74) is 9.24. The predicted molar refractivity (Wildman–Crippen MR) is 85.4 cm³/mol. The lowest BCUT2D eigenvalue weighted by atomic mass is 10.1. The van der Waals surface area contributed by atoms with Crippen LogP contribution in [0.4, 0.5) is 11.4 Å². The van der Waals surface area contributed by atoms with Crippen LogP contribution in [-0.4, -0.2) is 8.42 Å². The smallest absolute Gasteiger partial charge is 0.238 e. The lowest BCUT2D eigenvalue weighted by Crippen LogP contribution is -2.13. The third kappa shape index (κ3) is 3.96. The van der Waals surface area contributed by atoms with E-state index in [9.17, 15) is 8.42 Å². The summed E-state index contributed by atoms with van der Waals surface area (Å²) in [5.74, 6) is 0. The van der Waals surface area contributed by atoms with Gasteiger partial charge in [-0.3, -0.25) is 0 Å². The Kier molecular flexibility index (Phi) is 4.50. The van der Waals surface area contributed by atoms with E-state index in [2.05, 4.69) is 24.4 Å². The van der Waals surface area contributed by atoms with E-state index in [1.807, 2.05) is 12.1 Å². The zero-order valence-electron chi connectivity index (χ0n) is 11.8. The standard InChI is InChI=1S/C15H19N3O2S/c1-2-11-3-5-12(6-4-11)10-18-15-9-13(21(17,19)20)7-8-14(15)16/h3-9,18H,2,10,16H2,1H3,(H2,17,19,20). The van der Waals surface area contributed by atoms with Crippen molar-refractivity contribution in [2.45, 2.75) is 24.8 Å². The molecule has 0 saturated heterocycles. The maximum absolute atomic E-state index is 11.4. The van der Waals surface area contributed by atoms with Crippen LogP contribution in [0.3, 0.4) is 0 Å². The zero-order chi connectivity index (χ0) is 15.5. The fourth-order valence-corrected chi connectivity index (χ4v) is 2.50. The van der Waals surface area contributed by atoms with Crippen LogP contribution in [0.1, 0.15) is 18.1 Å². The molecule has 0 aliphatic rings. The topological polar surface area (TPSA) is 98.2 Å². The molecular weight excluding hydrogens is 286 g/mol. The van der Waals surface area contributed by atoms with Gasteiger partial charge in [-0.05, 0) is 35.7 Å². The van der Waals surface area contributed by atoms with Crippen molar-refractivity contribution in [1.29, 1.82) is 0 Å². The normalized spacial score (nSPS) is 11.3. The first-order chi connectivity index (χ1) is 9.90. The Morgan fingerprint density at radius 1 is 1.05 bits per heavy atom. The average molecular weight is 305 g/mol. The quantitative estimate of drug-likeness (QED) is 0.737. The molecule has 0 heterocycles. The predicted octanol–water partition coefficient (Wildman–Crippen LogP) is 2.09. The van der Waals surface area contributed by atoms with E-state index in [4.69, 9.17) is 10.9 Å². The van der Waals surface area contributed by atoms with Gasteiger partial charge in [-0.2, -0.15) is 0 Å². The first kappa shape index (κ1) is 15.3. The minimum Gasteiger partial charge on any atom is -0.397 e. The lowest BCUT2D eigenvalue weighted by molar-refractivity contribution is 0.598. The summed E-state index contributed by atoms with van der Waals surface area (Å²) >= 11 is 0. The highest BCUT2D eigenvalue weighted by Gasteiger charge is 2.10. The van der Waals surface area contributed by atoms with Crippen LogP contribution in [-0.2, 0) is 23.0 Å². The van der Waals surface area contributed by atoms with Gasteiger partial charge in [0.2, 0.25) is 10.0 Å². The van der Waals surface area contributed by atoms with E-state index < -0.39 is 10.0 Å². The van der Waals surface area contributed by atoms with Gasteiger partial charge in [0.25, 0.3) is 0 Å². The Morgan fingerprint density at radius 2 is 1.67 bits per heavy atom. The van der Waals surface area contributed by atoms with Crippen LogP contribution >= 0.6 is 0 Å². The molecule has 0 atom stereocenters. The molecule has 0 fully saturated rings. The highest BCUT2D eigenvalue weighted by molar-refractivity contribution is 7.89. The summed E-state index contributed by atoms with van der Waals surface area (Å²) in [4.78, 5) is 0.0422. The molecule has 5 N–H and O–H groups in total. The molecule has 0 unspecified atom stereocenters. The number of nitrogen functional groups attached to an aromatic ring is 1. The number of sulfonamides is 1. The van der Waals surface area contributed by atoms with Gasteiger partial charge in [0.05, 0.1) is 16.3 Å². The van der Waals surface area contributed by atoms with Crippen molar-refractivity contribution < 1.29 is 8.42 Å². The molecule has 2 aromatic rings. The fraction of sp³-hybridized carbons (Fsp3) is 0.200. The molecule has 0 bridgehead atoms. The Bertz CT molecular complexity index is 725. The molecular formula is C15H19N3O2S. The lowest BCUT2D eigenvalue weighted by Gasteiger charge is -2.11. The van der Waals surface area contributed by atoms with E-state index in [1.165, 1.54) is 23.8 Å². The number of hydrogen-bond acceptors (Lipinski definition) is 4. The van der Waals surface area contributed by atoms with Crippen molar-refractivity contribution in [2.75, 3.05) is 11.1 Å². The van der Waals surface area contributed by atoms with Crippen molar-refractivity contribution in [1.82, 2.24) is 0 Å². The minimum absolute atomic E-state index is 0.0422. The molecule has 112 valence electrons. The molecule has 0 aromatic heterocycles. The van der Waals surface area contributed by atoms with E-state index in [0.717, 1.165) is 12.0 Å².